The lowest BCUT2D eigenvalue weighted by Gasteiger charge is -2.14. The molecule has 0 saturated carbocycles. The molecule has 0 aliphatic carbocycles. The zero-order valence-electron chi connectivity index (χ0n) is 10.1. The third kappa shape index (κ3) is 4.49. The zero-order valence-corrected chi connectivity index (χ0v) is 11.7. The second-order valence-electron chi connectivity index (χ2n) is 3.50. The van der Waals surface area contributed by atoms with Crippen LogP contribution in [0.5, 0.6) is 0 Å². The van der Waals surface area contributed by atoms with Crippen molar-refractivity contribution in [2.45, 2.75) is 10.5 Å². The molecular weight excluding hydrogens is 368 g/mol. The number of alkyl halides is 4. The first-order valence-corrected chi connectivity index (χ1v) is 7.69. The van der Waals surface area contributed by atoms with Crippen molar-refractivity contribution >= 4 is 32.1 Å². The lowest BCUT2D eigenvalue weighted by Crippen LogP contribution is -2.50. The Kier molecular flexibility index (Phi) is 5.87. The fourth-order valence-corrected chi connectivity index (χ4v) is 1.41. The molecule has 0 spiro atoms. The summed E-state index contributed by atoms with van der Waals surface area (Å²) in [6.07, 6.45) is 0. The Morgan fingerprint density at radius 1 is 0.773 bits per heavy atom. The third-order valence-electron chi connectivity index (χ3n) is 1.87. The average Bonchev–Trinajstić information content (AvgIpc) is 2.30. The van der Waals surface area contributed by atoms with E-state index in [9.17, 15) is 44.0 Å². The van der Waals surface area contributed by atoms with Crippen LogP contribution in [0.1, 0.15) is 0 Å². The van der Waals surface area contributed by atoms with Gasteiger partial charge < -0.3 is 10.6 Å². The molecule has 4 N–H and O–H groups in total. The fourth-order valence-electron chi connectivity index (χ4n) is 0.792. The van der Waals surface area contributed by atoms with Crippen molar-refractivity contribution in [1.29, 1.82) is 0 Å². The number of carbonyl (C=O) groups is 2. The standard InChI is InChI=1S/C6H8F4N2O8S2/c7-5(8,21(15,16)17)3(13)11-1-2-12-4(14)6(9,10)22(18,19)20/h1-2H2,(H,11,13)(H,12,14)(H,15,16,17)(H,18,19,20). The number of carbonyl (C=O) groups excluding carboxylic acids is 2. The summed E-state index contributed by atoms with van der Waals surface area (Å²) in [6, 6.07) is 0. The molecule has 16 heteroatoms. The van der Waals surface area contributed by atoms with E-state index in [4.69, 9.17) is 9.11 Å². The minimum absolute atomic E-state index is 1.02. The molecule has 0 radical (unpaired) electrons. The van der Waals surface area contributed by atoms with Gasteiger partial charge in [-0.05, 0) is 0 Å². The monoisotopic (exact) mass is 376 g/mol. The highest BCUT2D eigenvalue weighted by atomic mass is 32.2. The Hall–Kier alpha value is -1.52. The van der Waals surface area contributed by atoms with E-state index in [1.54, 1.807) is 0 Å². The molecule has 130 valence electrons. The first-order valence-electron chi connectivity index (χ1n) is 4.81. The summed E-state index contributed by atoms with van der Waals surface area (Å²) in [4.78, 5) is 21.4. The summed E-state index contributed by atoms with van der Waals surface area (Å²) >= 11 is 0. The Morgan fingerprint density at radius 2 is 1.00 bits per heavy atom. The summed E-state index contributed by atoms with van der Waals surface area (Å²) in [5, 5.41) is -8.08. The molecule has 0 aromatic rings. The third-order valence-corrected chi connectivity index (χ3v) is 3.54. The lowest BCUT2D eigenvalue weighted by atomic mass is 10.5. The summed E-state index contributed by atoms with van der Waals surface area (Å²) < 4.78 is 107. The van der Waals surface area contributed by atoms with Crippen LogP contribution >= 0.6 is 0 Å². The highest BCUT2D eigenvalue weighted by molar-refractivity contribution is 7.88. The topological polar surface area (TPSA) is 167 Å². The quantitative estimate of drug-likeness (QED) is 0.229. The van der Waals surface area contributed by atoms with Crippen molar-refractivity contribution in [3.8, 4) is 0 Å². The van der Waals surface area contributed by atoms with Gasteiger partial charge in [0.25, 0.3) is 0 Å². The van der Waals surface area contributed by atoms with Crippen molar-refractivity contribution in [2.24, 2.45) is 0 Å². The van der Waals surface area contributed by atoms with Crippen LogP contribution in [0.4, 0.5) is 17.6 Å². The van der Waals surface area contributed by atoms with E-state index in [-0.39, 0.29) is 0 Å². The van der Waals surface area contributed by atoms with E-state index in [1.165, 1.54) is 10.6 Å². The van der Waals surface area contributed by atoms with E-state index in [0.717, 1.165) is 0 Å². The predicted molar refractivity (Wildman–Crippen MR) is 59.0 cm³/mol. The average molecular weight is 376 g/mol. The van der Waals surface area contributed by atoms with Gasteiger partial charge in [-0.2, -0.15) is 34.4 Å². The van der Waals surface area contributed by atoms with Crippen LogP contribution in [-0.4, -0.2) is 61.4 Å². The van der Waals surface area contributed by atoms with E-state index < -0.39 is 55.6 Å². The van der Waals surface area contributed by atoms with Crippen LogP contribution < -0.4 is 10.6 Å². The van der Waals surface area contributed by atoms with E-state index >= 15 is 0 Å². The van der Waals surface area contributed by atoms with Crippen molar-refractivity contribution < 1.29 is 53.1 Å². The molecule has 0 atom stereocenters. The number of halogens is 4. The second-order valence-corrected chi connectivity index (χ2v) is 6.42. The van der Waals surface area contributed by atoms with Crippen LogP contribution in [0, 0.1) is 0 Å². The molecule has 0 fully saturated rings. The summed E-state index contributed by atoms with van der Waals surface area (Å²) in [5.41, 5.74) is 0. The van der Waals surface area contributed by atoms with Crippen molar-refractivity contribution in [1.82, 2.24) is 10.6 Å². The van der Waals surface area contributed by atoms with Crippen molar-refractivity contribution in [3.63, 3.8) is 0 Å². The summed E-state index contributed by atoms with van der Waals surface area (Å²) in [7, 11) is -12.1. The van der Waals surface area contributed by atoms with Gasteiger partial charge in [0.2, 0.25) is 0 Å². The highest BCUT2D eigenvalue weighted by Crippen LogP contribution is 2.21. The number of hydrogen-bond acceptors (Lipinski definition) is 6. The van der Waals surface area contributed by atoms with Gasteiger partial charge in [-0.1, -0.05) is 0 Å². The molecule has 0 heterocycles. The first kappa shape index (κ1) is 20.5. The maximum atomic E-state index is 12.7. The molecule has 22 heavy (non-hydrogen) atoms. The summed E-state index contributed by atoms with van der Waals surface area (Å²) in [5.74, 6) is -5.02. The van der Waals surface area contributed by atoms with Gasteiger partial charge in [0.15, 0.2) is 0 Å². The molecule has 0 aromatic heterocycles. The number of amides is 2. The number of rotatable bonds is 7. The second kappa shape index (κ2) is 6.31. The van der Waals surface area contributed by atoms with Crippen molar-refractivity contribution in [3.05, 3.63) is 0 Å². The van der Waals surface area contributed by atoms with Crippen LogP contribution in [0.25, 0.3) is 0 Å². The highest BCUT2D eigenvalue weighted by Gasteiger charge is 2.53. The van der Waals surface area contributed by atoms with Crippen LogP contribution in [0.3, 0.4) is 0 Å². The molecule has 0 aliphatic rings. The maximum absolute atomic E-state index is 12.7. The zero-order chi connectivity index (χ0) is 18.0. The van der Waals surface area contributed by atoms with Gasteiger partial charge in [-0.15, -0.1) is 0 Å². The minimum Gasteiger partial charge on any atom is -0.348 e. The molecule has 0 unspecified atom stereocenters. The molecular formula is C6H8F4N2O8S2. The minimum atomic E-state index is -6.06. The lowest BCUT2D eigenvalue weighted by molar-refractivity contribution is -0.137. The van der Waals surface area contributed by atoms with Gasteiger partial charge >= 0.3 is 42.6 Å². The first-order chi connectivity index (χ1) is 9.55. The Balaban J connectivity index is 4.54. The maximum Gasteiger partial charge on any atom is 0.446 e. The molecule has 0 saturated heterocycles. The Morgan fingerprint density at radius 3 is 1.18 bits per heavy atom. The summed E-state index contributed by atoms with van der Waals surface area (Å²) in [6.45, 7) is -2.03. The fraction of sp³-hybridized carbons (Fsp3) is 0.667. The van der Waals surface area contributed by atoms with Gasteiger partial charge in [-0.25, -0.2) is 0 Å². The van der Waals surface area contributed by atoms with Gasteiger partial charge in [0.05, 0.1) is 0 Å². The van der Waals surface area contributed by atoms with Crippen LogP contribution in [0.15, 0.2) is 0 Å². The normalized spacial score (nSPS) is 13.5. The van der Waals surface area contributed by atoms with Gasteiger partial charge in [-0.3, -0.25) is 18.7 Å². The Labute approximate surface area is 120 Å². The van der Waals surface area contributed by atoms with E-state index in [0.29, 0.717) is 0 Å². The van der Waals surface area contributed by atoms with E-state index in [1.807, 2.05) is 0 Å². The SMILES string of the molecule is O=C(NCCNC(=O)C(F)(F)S(=O)(=O)O)C(F)(F)S(=O)(=O)O. The molecule has 0 aliphatic heterocycles. The van der Waals surface area contributed by atoms with Gasteiger partial charge in [0, 0.05) is 13.1 Å². The van der Waals surface area contributed by atoms with E-state index in [2.05, 4.69) is 0 Å². The molecule has 0 bridgehead atoms. The van der Waals surface area contributed by atoms with Crippen LogP contribution in [-0.2, 0) is 29.8 Å². The number of nitrogens with one attached hydrogen (secondary N) is 2. The molecule has 0 rings (SSSR count). The van der Waals surface area contributed by atoms with Crippen LogP contribution in [0.2, 0.25) is 0 Å². The Bertz CT molecular complexity index is 600. The molecule has 0 aromatic carbocycles. The molecule has 10 nitrogen and oxygen atoms in total. The molecule has 2 amide bonds. The predicted octanol–water partition coefficient (Wildman–Crippen LogP) is -1.82. The van der Waals surface area contributed by atoms with Gasteiger partial charge in [0.1, 0.15) is 0 Å². The largest absolute Gasteiger partial charge is 0.446 e. The number of hydrogen-bond donors (Lipinski definition) is 4. The smallest absolute Gasteiger partial charge is 0.348 e. The van der Waals surface area contributed by atoms with Crippen molar-refractivity contribution in [2.75, 3.05) is 13.1 Å².